The number of halogens is 1. The van der Waals surface area contributed by atoms with Crippen LogP contribution in [0.2, 0.25) is 0 Å². The SMILES string of the molecule is CN=C(NC#N)NCCN(C)c1nscc1Br. The van der Waals surface area contributed by atoms with Gasteiger partial charge in [0.15, 0.2) is 12.0 Å². The van der Waals surface area contributed by atoms with Crippen LogP contribution in [0.25, 0.3) is 0 Å². The molecule has 0 saturated carbocycles. The maximum atomic E-state index is 8.46. The third kappa shape index (κ3) is 4.20. The highest BCUT2D eigenvalue weighted by atomic mass is 79.9. The Hall–Kier alpha value is -1.33. The van der Waals surface area contributed by atoms with E-state index in [1.807, 2.05) is 23.5 Å². The second-order valence-electron chi connectivity index (χ2n) is 3.14. The number of nitriles is 1. The molecule has 92 valence electrons. The smallest absolute Gasteiger partial charge is 0.204 e. The lowest BCUT2D eigenvalue weighted by atomic mass is 10.5. The molecule has 1 rings (SSSR count). The summed E-state index contributed by atoms with van der Waals surface area (Å²) in [6, 6.07) is 0. The van der Waals surface area contributed by atoms with Crippen LogP contribution in [0.1, 0.15) is 0 Å². The second-order valence-corrected chi connectivity index (χ2v) is 4.63. The summed E-state index contributed by atoms with van der Waals surface area (Å²) < 4.78 is 5.25. The molecule has 17 heavy (non-hydrogen) atoms. The first kappa shape index (κ1) is 13.7. The van der Waals surface area contributed by atoms with E-state index in [9.17, 15) is 0 Å². The lowest BCUT2D eigenvalue weighted by molar-refractivity contribution is 0.802. The summed E-state index contributed by atoms with van der Waals surface area (Å²) in [4.78, 5) is 5.91. The van der Waals surface area contributed by atoms with Crippen LogP contribution >= 0.6 is 27.5 Å². The zero-order valence-corrected chi connectivity index (χ0v) is 12.0. The normalized spacial score (nSPS) is 10.8. The Morgan fingerprint density at radius 1 is 1.76 bits per heavy atom. The molecule has 0 aliphatic rings. The highest BCUT2D eigenvalue weighted by Gasteiger charge is 2.08. The number of anilines is 1. The molecule has 0 atom stereocenters. The molecule has 8 heteroatoms. The number of hydrogen-bond donors (Lipinski definition) is 2. The lowest BCUT2D eigenvalue weighted by Crippen LogP contribution is -2.39. The Morgan fingerprint density at radius 2 is 2.53 bits per heavy atom. The number of aliphatic imine (C=N–C) groups is 1. The molecule has 0 aliphatic heterocycles. The Morgan fingerprint density at radius 3 is 3.06 bits per heavy atom. The topological polar surface area (TPSA) is 76.3 Å². The van der Waals surface area contributed by atoms with Gasteiger partial charge in [0.2, 0.25) is 5.96 Å². The van der Waals surface area contributed by atoms with Gasteiger partial charge in [-0.1, -0.05) is 0 Å². The van der Waals surface area contributed by atoms with E-state index in [2.05, 4.69) is 35.9 Å². The number of nitrogens with one attached hydrogen (secondary N) is 2. The van der Waals surface area contributed by atoms with Crippen LogP contribution in [0.4, 0.5) is 5.82 Å². The molecule has 0 radical (unpaired) electrons. The monoisotopic (exact) mass is 316 g/mol. The third-order valence-electron chi connectivity index (χ3n) is 2.01. The number of likely N-dealkylation sites (N-methyl/N-ethyl adjacent to an activating group) is 1. The molecule has 1 heterocycles. The highest BCUT2D eigenvalue weighted by Crippen LogP contribution is 2.25. The molecule has 1 aromatic rings. The van der Waals surface area contributed by atoms with Crippen molar-refractivity contribution in [3.63, 3.8) is 0 Å². The van der Waals surface area contributed by atoms with Crippen molar-refractivity contribution in [2.24, 2.45) is 4.99 Å². The molecule has 0 unspecified atom stereocenters. The van der Waals surface area contributed by atoms with Crippen LogP contribution in [0.3, 0.4) is 0 Å². The van der Waals surface area contributed by atoms with Crippen molar-refractivity contribution in [3.8, 4) is 6.19 Å². The Labute approximate surface area is 113 Å². The lowest BCUT2D eigenvalue weighted by Gasteiger charge is -2.17. The maximum absolute atomic E-state index is 8.46. The van der Waals surface area contributed by atoms with Crippen LogP contribution in [0.15, 0.2) is 14.8 Å². The van der Waals surface area contributed by atoms with Gasteiger partial charge in [-0.2, -0.15) is 9.64 Å². The minimum absolute atomic E-state index is 0.471. The van der Waals surface area contributed by atoms with Crippen molar-refractivity contribution in [1.29, 1.82) is 5.26 Å². The summed E-state index contributed by atoms with van der Waals surface area (Å²) in [6.07, 6.45) is 1.82. The van der Waals surface area contributed by atoms with Gasteiger partial charge in [0.1, 0.15) is 0 Å². The Kier molecular flexibility index (Phi) is 5.72. The van der Waals surface area contributed by atoms with Gasteiger partial charge in [0.25, 0.3) is 0 Å². The summed E-state index contributed by atoms with van der Waals surface area (Å²) in [5.41, 5.74) is 0. The second kappa shape index (κ2) is 7.09. The fourth-order valence-corrected chi connectivity index (χ4v) is 2.50. The maximum Gasteiger partial charge on any atom is 0.204 e. The number of hydrogen-bond acceptors (Lipinski definition) is 5. The largest absolute Gasteiger partial charge is 0.356 e. The van der Waals surface area contributed by atoms with Crippen molar-refractivity contribution < 1.29 is 0 Å². The molecule has 0 spiro atoms. The number of aromatic nitrogens is 1. The Bertz CT molecular complexity index is 423. The first-order chi connectivity index (χ1) is 8.19. The fourth-order valence-electron chi connectivity index (χ4n) is 1.15. The van der Waals surface area contributed by atoms with E-state index in [4.69, 9.17) is 5.26 Å². The zero-order valence-electron chi connectivity index (χ0n) is 9.57. The van der Waals surface area contributed by atoms with Gasteiger partial charge in [0.05, 0.1) is 4.47 Å². The fraction of sp³-hybridized carbons (Fsp3) is 0.444. The standard InChI is InChI=1S/C9H13BrN6S/c1-12-9(14-6-11)13-3-4-16(2)8-7(10)5-17-15-8/h5H,3-4H2,1-2H3,(H2,12,13,14). The number of nitrogens with zero attached hydrogens (tertiary/aromatic N) is 4. The quantitative estimate of drug-likeness (QED) is 0.375. The van der Waals surface area contributed by atoms with Crippen LogP contribution in [0.5, 0.6) is 0 Å². The minimum Gasteiger partial charge on any atom is -0.356 e. The third-order valence-corrected chi connectivity index (χ3v) is 3.51. The van der Waals surface area contributed by atoms with Crippen LogP contribution < -0.4 is 15.5 Å². The van der Waals surface area contributed by atoms with Gasteiger partial charge >= 0.3 is 0 Å². The van der Waals surface area contributed by atoms with Gasteiger partial charge in [-0.3, -0.25) is 10.3 Å². The summed E-state index contributed by atoms with van der Waals surface area (Å²) in [5, 5.41) is 15.9. The summed E-state index contributed by atoms with van der Waals surface area (Å²) in [6.45, 7) is 1.43. The molecule has 1 aromatic heterocycles. The minimum atomic E-state index is 0.471. The first-order valence-corrected chi connectivity index (χ1v) is 6.48. The first-order valence-electron chi connectivity index (χ1n) is 4.85. The average molecular weight is 317 g/mol. The van der Waals surface area contributed by atoms with E-state index in [-0.39, 0.29) is 0 Å². The van der Waals surface area contributed by atoms with E-state index in [0.29, 0.717) is 12.5 Å². The molecule has 6 nitrogen and oxygen atoms in total. The van der Waals surface area contributed by atoms with Crippen molar-refractivity contribution in [2.45, 2.75) is 0 Å². The molecule has 0 aromatic carbocycles. The molecular weight excluding hydrogens is 304 g/mol. The van der Waals surface area contributed by atoms with E-state index >= 15 is 0 Å². The molecular formula is C9H13BrN6S. The molecule has 0 bridgehead atoms. The van der Waals surface area contributed by atoms with Crippen LogP contribution in [0, 0.1) is 11.5 Å². The zero-order chi connectivity index (χ0) is 12.7. The molecule has 0 aliphatic carbocycles. The van der Waals surface area contributed by atoms with Gasteiger partial charge < -0.3 is 10.2 Å². The molecule has 0 amide bonds. The number of rotatable bonds is 4. The van der Waals surface area contributed by atoms with Gasteiger partial charge in [-0.05, 0) is 27.5 Å². The van der Waals surface area contributed by atoms with E-state index < -0.39 is 0 Å². The predicted octanol–water partition coefficient (Wildman–Crippen LogP) is 0.988. The average Bonchev–Trinajstić information content (AvgIpc) is 2.74. The van der Waals surface area contributed by atoms with Crippen LogP contribution in [-0.4, -0.2) is 37.5 Å². The van der Waals surface area contributed by atoms with E-state index in [1.165, 1.54) is 11.5 Å². The molecule has 0 fully saturated rings. The molecule has 2 N–H and O–H groups in total. The summed E-state index contributed by atoms with van der Waals surface area (Å²) >= 11 is 4.84. The summed E-state index contributed by atoms with van der Waals surface area (Å²) in [7, 11) is 3.58. The van der Waals surface area contributed by atoms with Crippen molar-refractivity contribution in [3.05, 3.63) is 9.85 Å². The molecule has 0 saturated heterocycles. The number of guanidine groups is 1. The van der Waals surface area contributed by atoms with Crippen molar-refractivity contribution in [2.75, 3.05) is 32.1 Å². The predicted molar refractivity (Wildman–Crippen MR) is 73.2 cm³/mol. The van der Waals surface area contributed by atoms with Crippen molar-refractivity contribution in [1.82, 2.24) is 15.0 Å². The van der Waals surface area contributed by atoms with E-state index in [0.717, 1.165) is 16.8 Å². The van der Waals surface area contributed by atoms with Gasteiger partial charge in [0, 0.05) is 32.6 Å². The van der Waals surface area contributed by atoms with Crippen LogP contribution in [-0.2, 0) is 0 Å². The van der Waals surface area contributed by atoms with Crippen molar-refractivity contribution >= 4 is 39.2 Å². The van der Waals surface area contributed by atoms with Gasteiger partial charge in [-0.25, -0.2) is 0 Å². The van der Waals surface area contributed by atoms with E-state index in [1.54, 1.807) is 7.05 Å². The van der Waals surface area contributed by atoms with Gasteiger partial charge in [-0.15, -0.1) is 0 Å². The summed E-state index contributed by atoms with van der Waals surface area (Å²) in [5.74, 6) is 1.39. The Balaban J connectivity index is 2.37. The highest BCUT2D eigenvalue weighted by molar-refractivity contribution is 9.10.